The Labute approximate surface area is 116 Å². The Morgan fingerprint density at radius 1 is 1.37 bits per heavy atom. The highest BCUT2D eigenvalue weighted by molar-refractivity contribution is 7.16. The number of aromatic nitrogens is 2. The fourth-order valence-electron chi connectivity index (χ4n) is 2.46. The van der Waals surface area contributed by atoms with Crippen LogP contribution in [0.1, 0.15) is 25.7 Å². The van der Waals surface area contributed by atoms with E-state index in [1.807, 2.05) is 11.4 Å². The van der Waals surface area contributed by atoms with Crippen LogP contribution in [-0.4, -0.2) is 29.2 Å². The van der Waals surface area contributed by atoms with E-state index in [-0.39, 0.29) is 0 Å². The number of ether oxygens (including phenoxy) is 1. The molecular weight excluding hydrogens is 260 g/mol. The van der Waals surface area contributed by atoms with E-state index in [4.69, 9.17) is 10.5 Å². The fourth-order valence-corrected chi connectivity index (χ4v) is 3.23. The van der Waals surface area contributed by atoms with Crippen LogP contribution in [0.4, 0.5) is 11.8 Å². The summed E-state index contributed by atoms with van der Waals surface area (Å²) in [5, 5.41) is 6.32. The quantitative estimate of drug-likeness (QED) is 0.823. The topological polar surface area (TPSA) is 73.1 Å². The van der Waals surface area contributed by atoms with Crippen LogP contribution in [0.3, 0.4) is 0 Å². The third kappa shape index (κ3) is 2.96. The monoisotopic (exact) mass is 278 g/mol. The van der Waals surface area contributed by atoms with E-state index in [1.54, 1.807) is 11.3 Å². The van der Waals surface area contributed by atoms with Gasteiger partial charge in [0.1, 0.15) is 10.6 Å². The predicted octanol–water partition coefficient (Wildman–Crippen LogP) is 2.64. The van der Waals surface area contributed by atoms with Crippen molar-refractivity contribution in [1.82, 2.24) is 9.97 Å². The molecule has 1 aliphatic rings. The van der Waals surface area contributed by atoms with E-state index in [9.17, 15) is 0 Å². The lowest BCUT2D eigenvalue weighted by Crippen LogP contribution is -2.16. The average Bonchev–Trinajstić information content (AvgIpc) is 3.04. The Morgan fingerprint density at radius 3 is 3.05 bits per heavy atom. The average molecular weight is 278 g/mol. The van der Waals surface area contributed by atoms with Crippen LogP contribution >= 0.6 is 11.3 Å². The van der Waals surface area contributed by atoms with Gasteiger partial charge in [-0.05, 0) is 24.3 Å². The number of hydrogen-bond donors (Lipinski definition) is 2. The lowest BCUT2D eigenvalue weighted by atomic mass is 10.3. The third-order valence-electron chi connectivity index (χ3n) is 3.39. The predicted molar refractivity (Wildman–Crippen MR) is 78.5 cm³/mol. The van der Waals surface area contributed by atoms with Crippen molar-refractivity contribution < 1.29 is 4.74 Å². The Bertz CT molecular complexity index is 551. The molecule has 2 aromatic rings. The van der Waals surface area contributed by atoms with Crippen molar-refractivity contribution in [3.63, 3.8) is 0 Å². The van der Waals surface area contributed by atoms with Crippen LogP contribution in [-0.2, 0) is 4.74 Å². The van der Waals surface area contributed by atoms with Gasteiger partial charge in [0.15, 0.2) is 0 Å². The number of rotatable bonds is 5. The SMILES string of the molecule is Nc1nc(NCCOC2CCCC2)c2ccsc2n1. The van der Waals surface area contributed by atoms with Crippen molar-refractivity contribution in [1.29, 1.82) is 0 Å². The zero-order chi connectivity index (χ0) is 13.1. The molecule has 6 heteroatoms. The maximum Gasteiger partial charge on any atom is 0.223 e. The van der Waals surface area contributed by atoms with Crippen LogP contribution < -0.4 is 11.1 Å². The van der Waals surface area contributed by atoms with Gasteiger partial charge in [-0.25, -0.2) is 4.98 Å². The number of nitrogens with zero attached hydrogens (tertiary/aromatic N) is 2. The number of hydrogen-bond acceptors (Lipinski definition) is 6. The third-order valence-corrected chi connectivity index (χ3v) is 4.20. The molecule has 5 nitrogen and oxygen atoms in total. The number of nitrogen functional groups attached to an aromatic ring is 1. The fraction of sp³-hybridized carbons (Fsp3) is 0.538. The van der Waals surface area contributed by atoms with E-state index in [0.717, 1.165) is 22.6 Å². The Kier molecular flexibility index (Phi) is 3.79. The summed E-state index contributed by atoms with van der Waals surface area (Å²) in [4.78, 5) is 9.37. The highest BCUT2D eigenvalue weighted by Crippen LogP contribution is 2.25. The van der Waals surface area contributed by atoms with Crippen LogP contribution in [0.5, 0.6) is 0 Å². The normalized spacial score (nSPS) is 16.2. The van der Waals surface area contributed by atoms with Gasteiger partial charge in [-0.1, -0.05) is 12.8 Å². The molecule has 1 aliphatic carbocycles. The first-order valence-electron chi connectivity index (χ1n) is 6.69. The second kappa shape index (κ2) is 5.71. The number of nitrogens with one attached hydrogen (secondary N) is 1. The van der Waals surface area contributed by atoms with Crippen LogP contribution in [0, 0.1) is 0 Å². The first-order valence-corrected chi connectivity index (χ1v) is 7.57. The number of nitrogens with two attached hydrogens (primary N) is 1. The molecule has 0 atom stereocenters. The largest absolute Gasteiger partial charge is 0.376 e. The van der Waals surface area contributed by atoms with Crippen molar-refractivity contribution in [2.45, 2.75) is 31.8 Å². The summed E-state index contributed by atoms with van der Waals surface area (Å²) in [6.07, 6.45) is 5.47. The molecule has 0 amide bonds. The lowest BCUT2D eigenvalue weighted by molar-refractivity contribution is 0.0659. The van der Waals surface area contributed by atoms with E-state index in [1.165, 1.54) is 25.7 Å². The van der Waals surface area contributed by atoms with E-state index in [0.29, 0.717) is 18.7 Å². The van der Waals surface area contributed by atoms with Gasteiger partial charge in [0, 0.05) is 6.54 Å². The minimum absolute atomic E-state index is 0.314. The molecule has 2 aromatic heterocycles. The van der Waals surface area contributed by atoms with Gasteiger partial charge in [-0.3, -0.25) is 0 Å². The van der Waals surface area contributed by atoms with Crippen molar-refractivity contribution in [3.8, 4) is 0 Å². The molecule has 19 heavy (non-hydrogen) atoms. The highest BCUT2D eigenvalue weighted by Gasteiger charge is 2.14. The van der Waals surface area contributed by atoms with Gasteiger partial charge in [-0.2, -0.15) is 4.98 Å². The van der Waals surface area contributed by atoms with Crippen molar-refractivity contribution in [2.75, 3.05) is 24.2 Å². The van der Waals surface area contributed by atoms with Crippen molar-refractivity contribution >= 4 is 33.3 Å². The Hall–Kier alpha value is -1.40. The summed E-state index contributed by atoms with van der Waals surface area (Å²) >= 11 is 1.57. The van der Waals surface area contributed by atoms with Gasteiger partial charge >= 0.3 is 0 Å². The molecule has 1 fully saturated rings. The molecule has 0 spiro atoms. The summed E-state index contributed by atoms with van der Waals surface area (Å²) in [6, 6.07) is 2.01. The van der Waals surface area contributed by atoms with Gasteiger partial charge in [0.25, 0.3) is 0 Å². The van der Waals surface area contributed by atoms with E-state index >= 15 is 0 Å². The summed E-state index contributed by atoms with van der Waals surface area (Å²) in [5.41, 5.74) is 5.70. The first-order chi connectivity index (χ1) is 9.33. The summed E-state index contributed by atoms with van der Waals surface area (Å²) in [7, 11) is 0. The van der Waals surface area contributed by atoms with Gasteiger partial charge in [0.2, 0.25) is 5.95 Å². The molecule has 0 saturated heterocycles. The maximum absolute atomic E-state index is 5.81. The van der Waals surface area contributed by atoms with Crippen LogP contribution in [0.15, 0.2) is 11.4 Å². The lowest BCUT2D eigenvalue weighted by Gasteiger charge is -2.12. The molecule has 0 unspecified atom stereocenters. The molecular formula is C13H18N4OS. The highest BCUT2D eigenvalue weighted by atomic mass is 32.1. The molecule has 1 saturated carbocycles. The molecule has 0 aliphatic heterocycles. The van der Waals surface area contributed by atoms with Crippen LogP contribution in [0.2, 0.25) is 0 Å². The number of fused-ring (bicyclic) bond motifs is 1. The zero-order valence-electron chi connectivity index (χ0n) is 10.8. The van der Waals surface area contributed by atoms with Crippen molar-refractivity contribution in [3.05, 3.63) is 11.4 Å². The molecule has 3 N–H and O–H groups in total. The number of thiophene rings is 1. The molecule has 0 bridgehead atoms. The van der Waals surface area contributed by atoms with Gasteiger partial charge < -0.3 is 15.8 Å². The summed E-state index contributed by atoms with van der Waals surface area (Å²) in [5.74, 6) is 1.12. The minimum atomic E-state index is 0.314. The maximum atomic E-state index is 5.81. The minimum Gasteiger partial charge on any atom is -0.376 e. The zero-order valence-corrected chi connectivity index (χ0v) is 11.6. The number of anilines is 2. The standard InChI is InChI=1S/C13H18N4OS/c14-13-16-11(10-5-8-19-12(10)17-13)15-6-7-18-9-3-1-2-4-9/h5,8-9H,1-4,6-7H2,(H3,14,15,16,17). The van der Waals surface area contributed by atoms with Gasteiger partial charge in [-0.15, -0.1) is 11.3 Å². The molecule has 0 radical (unpaired) electrons. The molecule has 102 valence electrons. The van der Waals surface area contributed by atoms with Crippen LogP contribution in [0.25, 0.3) is 10.2 Å². The molecule has 2 heterocycles. The molecule has 3 rings (SSSR count). The summed E-state index contributed by atoms with van der Waals surface area (Å²) < 4.78 is 5.81. The van der Waals surface area contributed by atoms with Crippen molar-refractivity contribution in [2.24, 2.45) is 0 Å². The first kappa shape index (κ1) is 12.6. The second-order valence-electron chi connectivity index (χ2n) is 4.77. The Morgan fingerprint density at radius 2 is 2.21 bits per heavy atom. The smallest absolute Gasteiger partial charge is 0.223 e. The summed E-state index contributed by atoms with van der Waals surface area (Å²) in [6.45, 7) is 1.46. The van der Waals surface area contributed by atoms with E-state index < -0.39 is 0 Å². The second-order valence-corrected chi connectivity index (χ2v) is 5.67. The Balaban J connectivity index is 1.57. The molecule has 0 aromatic carbocycles. The van der Waals surface area contributed by atoms with Gasteiger partial charge in [0.05, 0.1) is 18.1 Å². The van der Waals surface area contributed by atoms with E-state index in [2.05, 4.69) is 15.3 Å².